The number of H-pyrrole nitrogens is 1. The number of guanidine groups is 2. The zero-order valence-electron chi connectivity index (χ0n) is 61.5. The quantitative estimate of drug-likeness (QED) is 0.0126. The number of hydrogen-bond acceptors (Lipinski definition) is 19. The number of carbonyl (C=O) groups excluding carboxylic acids is 13. The van der Waals surface area contributed by atoms with Crippen LogP contribution in [-0.2, 0) is 73.5 Å². The average Bonchev–Trinajstić information content (AvgIpc) is 1.75. The second kappa shape index (κ2) is 44.6. The summed E-state index contributed by atoms with van der Waals surface area (Å²) in [6, 6.07) is -16.5. The molecule has 0 spiro atoms. The number of nitrogens with zero attached hydrogens (tertiary/aromatic N) is 6. The SMILES string of the molecule is C=CC[C@H](NC(=O)[C@@H]1CCCN1C(=O)[C@H](CCCC)NC(=O)[C@@H]1CCCN1C(=O)[C@H](CC=C)NC(=O)[C@H](CCCCN)NC(=O)[C@H](Cc1cnc[nH]1)NC(=O)[C@H](CO)NC(=O)[C@H](CC(C)C)NC(=O)[C@H](CCCN=C(N)N)NC(=O)[C@@H]1CCCN1C(=O)[C@H](CCCN=C(N)N)NC(=O)[C@@H]1CCC(=O)N1)C(=O)O. The number of aliphatic hydroxyl groups is 1. The topological polar surface area (TPSA) is 593 Å². The predicted octanol–water partition coefficient (Wildman–Crippen LogP) is -4.73. The number of carboxylic acids is 1. The number of aromatic nitrogens is 2. The number of amides is 13. The number of aromatic amines is 1. The number of unbranched alkanes of at least 4 members (excludes halogenated alkanes) is 2. The smallest absolute Gasteiger partial charge is 0.326 e. The fraction of sp³-hybridized carbons (Fsp3) is 0.667. The normalized spacial score (nSPS) is 19.3. The van der Waals surface area contributed by atoms with Crippen molar-refractivity contribution in [3.05, 3.63) is 43.5 Å². The molecule has 23 N–H and O–H groups in total. The Balaban J connectivity index is 1.31. The monoisotopic (exact) mass is 1500 g/mol. The lowest BCUT2D eigenvalue weighted by molar-refractivity contribution is -0.145. The van der Waals surface area contributed by atoms with Crippen molar-refractivity contribution in [2.45, 2.75) is 241 Å². The lowest BCUT2D eigenvalue weighted by Gasteiger charge is -2.32. The molecule has 4 aliphatic heterocycles. The van der Waals surface area contributed by atoms with E-state index in [2.05, 4.69) is 86.3 Å². The number of rotatable bonds is 46. The van der Waals surface area contributed by atoms with Crippen LogP contribution >= 0.6 is 0 Å². The van der Waals surface area contributed by atoms with Gasteiger partial charge in [0.15, 0.2) is 11.9 Å². The van der Waals surface area contributed by atoms with Crippen molar-refractivity contribution in [1.29, 1.82) is 0 Å². The first kappa shape index (κ1) is 87.4. The summed E-state index contributed by atoms with van der Waals surface area (Å²) >= 11 is 0. The molecule has 0 bridgehead atoms. The zero-order chi connectivity index (χ0) is 78.9. The van der Waals surface area contributed by atoms with E-state index in [-0.39, 0.29) is 166 Å². The van der Waals surface area contributed by atoms with Crippen molar-refractivity contribution in [3.8, 4) is 0 Å². The van der Waals surface area contributed by atoms with Gasteiger partial charge in [-0.3, -0.25) is 72.3 Å². The molecule has 0 saturated carbocycles. The molecule has 0 radical (unpaired) electrons. The van der Waals surface area contributed by atoms with E-state index in [0.29, 0.717) is 44.2 Å². The standard InChI is InChI=1S/C69H112N22O16/c1-6-9-19-45(65(104)91-33-16-25-53(91)63(102)85-47(18-8-3)67(106)107)84-62(101)52-24-15-31-89(52)64(103)44(17-7-2)82-55(94)41(20-10-11-28-70)80-59(98)49(35-40-36-75-38-78-40)87-60(99)50(37-92)88-58(97)48(34-39(4)5)86-56(95)42(21-12-29-76-68(71)72)81-61(100)51-23-14-32-90(51)66(105)46(22-13-30-77-69(73)74)83-57(96)43-26-27-54(93)79-43/h7-8,36,38-39,41-53,92H,2-3,6,9-35,37,70H2,1,4-5H3,(H,75,78)(H,79,93)(H,80,98)(H,81,100)(H,82,94)(H,83,96)(H,84,101)(H,85,102)(H,86,95)(H,87,99)(H,88,97)(H,106,107)(H4,71,72,76)(H4,73,74,77)/t41-,42-,43-,44-,45-,46-,47-,48-,49-,50-,51-,52-,53-/m0/s1. The number of aliphatic imine (C=N–C) groups is 2. The van der Waals surface area contributed by atoms with Crippen LogP contribution in [0.2, 0.25) is 0 Å². The van der Waals surface area contributed by atoms with Crippen molar-refractivity contribution in [2.75, 3.05) is 45.9 Å². The Morgan fingerprint density at radius 2 is 0.981 bits per heavy atom. The molecule has 1 aromatic heterocycles. The van der Waals surface area contributed by atoms with Crippen molar-refractivity contribution in [3.63, 3.8) is 0 Å². The third-order valence-corrected chi connectivity index (χ3v) is 18.8. The molecule has 38 nitrogen and oxygen atoms in total. The van der Waals surface area contributed by atoms with Crippen LogP contribution in [0.5, 0.6) is 0 Å². The zero-order valence-corrected chi connectivity index (χ0v) is 61.5. The number of likely N-dealkylation sites (tertiary alicyclic amines) is 3. The highest BCUT2D eigenvalue weighted by atomic mass is 16.4. The fourth-order valence-corrected chi connectivity index (χ4v) is 13.2. The number of nitrogens with two attached hydrogens (primary N) is 5. The molecule has 13 amide bonds. The molecule has 0 unspecified atom stereocenters. The van der Waals surface area contributed by atoms with E-state index in [1.165, 1.54) is 39.4 Å². The van der Waals surface area contributed by atoms with Crippen molar-refractivity contribution >= 4 is 94.7 Å². The van der Waals surface area contributed by atoms with Gasteiger partial charge in [-0.15, -0.1) is 13.2 Å². The van der Waals surface area contributed by atoms with Crippen LogP contribution < -0.4 is 81.8 Å². The number of hydrogen-bond donors (Lipinski definition) is 18. The summed E-state index contributed by atoms with van der Waals surface area (Å²) in [6.45, 7) is 12.4. The van der Waals surface area contributed by atoms with Gasteiger partial charge in [0.25, 0.3) is 0 Å². The maximum absolute atomic E-state index is 14.7. The molecule has 4 fully saturated rings. The summed E-state index contributed by atoms with van der Waals surface area (Å²) in [5.74, 6) is -11.5. The molecule has 107 heavy (non-hydrogen) atoms. The molecule has 594 valence electrons. The Labute approximate surface area is 622 Å². The number of imidazole rings is 1. The minimum Gasteiger partial charge on any atom is -0.480 e. The fourth-order valence-electron chi connectivity index (χ4n) is 13.2. The van der Waals surface area contributed by atoms with Crippen LogP contribution in [0, 0.1) is 5.92 Å². The van der Waals surface area contributed by atoms with Gasteiger partial charge in [0.05, 0.1) is 12.9 Å². The predicted molar refractivity (Wildman–Crippen MR) is 391 cm³/mol. The number of carbonyl (C=O) groups is 14. The van der Waals surface area contributed by atoms with Crippen LogP contribution in [0.15, 0.2) is 47.8 Å². The van der Waals surface area contributed by atoms with Crippen molar-refractivity contribution in [1.82, 2.24) is 77.8 Å². The van der Waals surface area contributed by atoms with Gasteiger partial charge in [0.1, 0.15) is 78.5 Å². The van der Waals surface area contributed by atoms with Crippen LogP contribution in [0.25, 0.3) is 0 Å². The number of aliphatic carboxylic acids is 1. The van der Waals surface area contributed by atoms with E-state index in [4.69, 9.17) is 28.7 Å². The molecular weight excluding hydrogens is 1390 g/mol. The van der Waals surface area contributed by atoms with E-state index < -0.39 is 162 Å². The maximum Gasteiger partial charge on any atom is 0.326 e. The Hall–Kier alpha value is -10.3. The molecule has 0 aromatic carbocycles. The first-order valence-electron chi connectivity index (χ1n) is 36.8. The van der Waals surface area contributed by atoms with Gasteiger partial charge in [0.2, 0.25) is 76.8 Å². The van der Waals surface area contributed by atoms with Crippen molar-refractivity contribution < 1.29 is 77.3 Å². The summed E-state index contributed by atoms with van der Waals surface area (Å²) in [6.07, 6.45) is 9.35. The number of aliphatic hydroxyl groups excluding tert-OH is 1. The molecular formula is C69H112N22O16. The third kappa shape index (κ3) is 27.5. The first-order chi connectivity index (χ1) is 51.0. The van der Waals surface area contributed by atoms with Crippen LogP contribution in [0.3, 0.4) is 0 Å². The van der Waals surface area contributed by atoms with E-state index in [9.17, 15) is 77.3 Å². The molecule has 0 aliphatic carbocycles. The van der Waals surface area contributed by atoms with Crippen LogP contribution in [0.1, 0.15) is 161 Å². The number of nitrogens with one attached hydrogen (secondary N) is 11. The Morgan fingerprint density at radius 1 is 0.561 bits per heavy atom. The van der Waals surface area contributed by atoms with E-state index in [1.807, 2.05) is 6.92 Å². The van der Waals surface area contributed by atoms with Crippen molar-refractivity contribution in [2.24, 2.45) is 44.6 Å². The molecule has 5 rings (SSSR count). The highest BCUT2D eigenvalue weighted by Crippen LogP contribution is 2.25. The molecule has 38 heteroatoms. The lowest BCUT2D eigenvalue weighted by atomic mass is 10.0. The average molecular weight is 1510 g/mol. The third-order valence-electron chi connectivity index (χ3n) is 18.8. The summed E-state index contributed by atoms with van der Waals surface area (Å²) in [4.78, 5) is 214. The van der Waals surface area contributed by atoms with Crippen LogP contribution in [0.4, 0.5) is 0 Å². The molecule has 13 atom stereocenters. The Morgan fingerprint density at radius 3 is 1.45 bits per heavy atom. The van der Waals surface area contributed by atoms with Gasteiger partial charge < -0.3 is 112 Å². The first-order valence-corrected chi connectivity index (χ1v) is 36.8. The largest absolute Gasteiger partial charge is 0.480 e. The van der Waals surface area contributed by atoms with Gasteiger partial charge in [-0.25, -0.2) is 9.78 Å². The van der Waals surface area contributed by atoms with E-state index in [1.54, 1.807) is 13.8 Å². The van der Waals surface area contributed by atoms with Gasteiger partial charge in [-0.05, 0) is 128 Å². The van der Waals surface area contributed by atoms with Gasteiger partial charge in [-0.2, -0.15) is 0 Å². The minimum atomic E-state index is -1.78. The Kier molecular flexibility index (Phi) is 36.4. The summed E-state index contributed by atoms with van der Waals surface area (Å²) < 4.78 is 0. The van der Waals surface area contributed by atoms with Gasteiger partial charge >= 0.3 is 5.97 Å². The van der Waals surface area contributed by atoms with E-state index in [0.717, 1.165) is 0 Å². The molecule has 4 saturated heterocycles. The Bertz CT molecular complexity index is 3310. The molecule has 1 aromatic rings. The highest BCUT2D eigenvalue weighted by Gasteiger charge is 2.45. The van der Waals surface area contributed by atoms with Gasteiger partial charge in [-0.1, -0.05) is 45.8 Å². The van der Waals surface area contributed by atoms with Gasteiger partial charge in [0, 0.05) is 57.5 Å². The van der Waals surface area contributed by atoms with E-state index >= 15 is 0 Å². The summed E-state index contributed by atoms with van der Waals surface area (Å²) in [5.41, 5.74) is 28.3. The molecule has 4 aliphatic rings. The summed E-state index contributed by atoms with van der Waals surface area (Å²) in [7, 11) is 0. The second-order valence-corrected chi connectivity index (χ2v) is 27.6. The maximum atomic E-state index is 14.7. The second-order valence-electron chi connectivity index (χ2n) is 27.6. The van der Waals surface area contributed by atoms with Crippen LogP contribution in [-0.4, -0.2) is 254 Å². The highest BCUT2D eigenvalue weighted by molar-refractivity contribution is 6.01. The summed E-state index contributed by atoms with van der Waals surface area (Å²) in [5, 5.41) is 46.9. The minimum absolute atomic E-state index is 0.0169. The molecule has 5 heterocycles. The lowest BCUT2D eigenvalue weighted by Crippen LogP contribution is -2.61. The number of carboxylic acid groups (broad SMARTS) is 1.